The largest absolute Gasteiger partial charge is 0.460 e. The summed E-state index contributed by atoms with van der Waals surface area (Å²) in [6, 6.07) is 5.84. The Hall–Kier alpha value is -3.30. The van der Waals surface area contributed by atoms with Crippen LogP contribution in [0.3, 0.4) is 0 Å². The van der Waals surface area contributed by atoms with E-state index in [0.29, 0.717) is 38.8 Å². The lowest BCUT2D eigenvalue weighted by Gasteiger charge is -2.29. The zero-order chi connectivity index (χ0) is 21.8. The van der Waals surface area contributed by atoms with Gasteiger partial charge in [-0.15, -0.1) is 0 Å². The summed E-state index contributed by atoms with van der Waals surface area (Å²) < 4.78 is 32.5. The Morgan fingerprint density at radius 2 is 1.81 bits per heavy atom. The Bertz CT molecular complexity index is 935. The maximum Gasteiger partial charge on any atom is 0.325 e. The van der Waals surface area contributed by atoms with Gasteiger partial charge in [-0.25, -0.2) is 23.5 Å². The number of carbonyl (C=O) groups is 2. The lowest BCUT2D eigenvalue weighted by atomic mass is 9.93. The van der Waals surface area contributed by atoms with E-state index in [2.05, 4.69) is 15.3 Å². The Kier molecular flexibility index (Phi) is 6.24. The molecule has 1 aliphatic carbocycles. The highest BCUT2D eigenvalue weighted by atomic mass is 19.1. The average molecular weight is 431 g/mol. The SMILES string of the molecule is O=C(CN1CCN(c2ccccc2F)C1=O)NC1CCC(Oc2ncc(F)cn2)CC1. The molecule has 4 rings (SSSR count). The van der Waals surface area contributed by atoms with Gasteiger partial charge < -0.3 is 15.0 Å². The van der Waals surface area contributed by atoms with Crippen molar-refractivity contribution in [2.24, 2.45) is 0 Å². The number of para-hydroxylation sites is 1. The Balaban J connectivity index is 1.22. The molecular formula is C21H23F2N5O3. The van der Waals surface area contributed by atoms with Gasteiger partial charge in [0.25, 0.3) is 0 Å². The zero-order valence-electron chi connectivity index (χ0n) is 16.8. The second-order valence-corrected chi connectivity index (χ2v) is 7.65. The molecule has 0 bridgehead atoms. The number of nitrogens with zero attached hydrogens (tertiary/aromatic N) is 4. The number of amides is 3. The molecule has 2 aliphatic rings. The van der Waals surface area contributed by atoms with Gasteiger partial charge in [-0.3, -0.25) is 9.69 Å². The number of nitrogens with one attached hydrogen (secondary N) is 1. The summed E-state index contributed by atoms with van der Waals surface area (Å²) in [5.74, 6) is -1.23. The highest BCUT2D eigenvalue weighted by molar-refractivity contribution is 5.96. The molecule has 0 atom stereocenters. The second-order valence-electron chi connectivity index (χ2n) is 7.65. The van der Waals surface area contributed by atoms with Crippen molar-refractivity contribution in [2.45, 2.75) is 37.8 Å². The lowest BCUT2D eigenvalue weighted by Crippen LogP contribution is -2.45. The molecule has 164 valence electrons. The maximum absolute atomic E-state index is 14.0. The first-order valence-corrected chi connectivity index (χ1v) is 10.2. The number of urea groups is 1. The van der Waals surface area contributed by atoms with Gasteiger partial charge in [-0.05, 0) is 37.8 Å². The molecule has 0 radical (unpaired) electrons. The van der Waals surface area contributed by atoms with E-state index >= 15 is 0 Å². The van der Waals surface area contributed by atoms with Gasteiger partial charge in [-0.1, -0.05) is 12.1 Å². The predicted molar refractivity (Wildman–Crippen MR) is 108 cm³/mol. The summed E-state index contributed by atoms with van der Waals surface area (Å²) in [6.07, 6.45) is 4.86. The van der Waals surface area contributed by atoms with E-state index in [0.717, 1.165) is 12.4 Å². The number of anilines is 1. The first-order chi connectivity index (χ1) is 15.0. The van der Waals surface area contributed by atoms with Gasteiger partial charge >= 0.3 is 12.0 Å². The molecule has 31 heavy (non-hydrogen) atoms. The minimum Gasteiger partial charge on any atom is -0.460 e. The van der Waals surface area contributed by atoms with Crippen LogP contribution in [-0.4, -0.2) is 58.6 Å². The average Bonchev–Trinajstić information content (AvgIpc) is 3.11. The summed E-state index contributed by atoms with van der Waals surface area (Å²) in [5.41, 5.74) is 0.221. The molecule has 1 N–H and O–H groups in total. The van der Waals surface area contributed by atoms with Gasteiger partial charge in [0.05, 0.1) is 18.1 Å². The number of aromatic nitrogens is 2. The van der Waals surface area contributed by atoms with Crippen molar-refractivity contribution < 1.29 is 23.1 Å². The van der Waals surface area contributed by atoms with Crippen molar-refractivity contribution in [2.75, 3.05) is 24.5 Å². The highest BCUT2D eigenvalue weighted by Gasteiger charge is 2.33. The van der Waals surface area contributed by atoms with E-state index < -0.39 is 11.6 Å². The van der Waals surface area contributed by atoms with E-state index in [9.17, 15) is 18.4 Å². The Morgan fingerprint density at radius 1 is 1.10 bits per heavy atom. The molecule has 10 heteroatoms. The first-order valence-electron chi connectivity index (χ1n) is 10.2. The van der Waals surface area contributed by atoms with Crippen molar-refractivity contribution in [1.29, 1.82) is 0 Å². The second kappa shape index (κ2) is 9.23. The number of carbonyl (C=O) groups excluding carboxylic acids is 2. The molecule has 0 unspecified atom stereocenters. The number of rotatable bonds is 6. The van der Waals surface area contributed by atoms with Crippen LogP contribution in [-0.2, 0) is 4.79 Å². The third-order valence-corrected chi connectivity index (χ3v) is 5.48. The van der Waals surface area contributed by atoms with Crippen LogP contribution in [0.2, 0.25) is 0 Å². The van der Waals surface area contributed by atoms with E-state index in [1.807, 2.05) is 0 Å². The molecule has 3 amide bonds. The number of hydrogen-bond acceptors (Lipinski definition) is 5. The van der Waals surface area contributed by atoms with Crippen molar-refractivity contribution in [3.8, 4) is 6.01 Å². The van der Waals surface area contributed by atoms with Crippen LogP contribution in [0.25, 0.3) is 0 Å². The third-order valence-electron chi connectivity index (χ3n) is 5.48. The predicted octanol–water partition coefficient (Wildman–Crippen LogP) is 2.50. The van der Waals surface area contributed by atoms with Gasteiger partial charge in [0.1, 0.15) is 18.5 Å². The third kappa shape index (κ3) is 5.07. The fourth-order valence-electron chi connectivity index (χ4n) is 3.91. The van der Waals surface area contributed by atoms with Crippen molar-refractivity contribution in [3.05, 3.63) is 48.3 Å². The number of halogens is 2. The Morgan fingerprint density at radius 3 is 2.52 bits per heavy atom. The molecule has 1 aliphatic heterocycles. The van der Waals surface area contributed by atoms with E-state index in [4.69, 9.17) is 4.74 Å². The van der Waals surface area contributed by atoms with Crippen LogP contribution in [0.5, 0.6) is 6.01 Å². The van der Waals surface area contributed by atoms with Crippen LogP contribution >= 0.6 is 0 Å². The number of ether oxygens (including phenoxy) is 1. The highest BCUT2D eigenvalue weighted by Crippen LogP contribution is 2.24. The molecule has 8 nitrogen and oxygen atoms in total. The summed E-state index contributed by atoms with van der Waals surface area (Å²) in [5, 5.41) is 2.96. The monoisotopic (exact) mass is 431 g/mol. The van der Waals surface area contributed by atoms with Gasteiger partial charge in [-0.2, -0.15) is 0 Å². The standard InChI is InChI=1S/C21H23F2N5O3/c22-14-11-24-20(25-12-14)31-16-7-5-15(6-8-16)26-19(29)13-27-9-10-28(21(27)30)18-4-2-1-3-17(18)23/h1-4,11-12,15-16H,5-10,13H2,(H,26,29). The van der Waals surface area contributed by atoms with Crippen LogP contribution in [0, 0.1) is 11.6 Å². The summed E-state index contributed by atoms with van der Waals surface area (Å²) in [6.45, 7) is 0.628. The molecule has 2 aromatic rings. The summed E-state index contributed by atoms with van der Waals surface area (Å²) in [4.78, 5) is 35.4. The van der Waals surface area contributed by atoms with E-state index in [1.165, 1.54) is 15.9 Å². The van der Waals surface area contributed by atoms with Crippen LogP contribution in [0.1, 0.15) is 25.7 Å². The number of hydrogen-bond donors (Lipinski definition) is 1. The molecule has 1 saturated heterocycles. The van der Waals surface area contributed by atoms with Crippen molar-refractivity contribution in [3.63, 3.8) is 0 Å². The molecule has 1 saturated carbocycles. The lowest BCUT2D eigenvalue weighted by molar-refractivity contribution is -0.122. The first kappa shape index (κ1) is 21.0. The summed E-state index contributed by atoms with van der Waals surface area (Å²) in [7, 11) is 0. The topological polar surface area (TPSA) is 87.7 Å². The quantitative estimate of drug-likeness (QED) is 0.760. The van der Waals surface area contributed by atoms with E-state index in [-0.39, 0.29) is 42.3 Å². The smallest absolute Gasteiger partial charge is 0.325 e. The zero-order valence-corrected chi connectivity index (χ0v) is 16.8. The molecule has 1 aromatic heterocycles. The van der Waals surface area contributed by atoms with Crippen molar-refractivity contribution in [1.82, 2.24) is 20.2 Å². The maximum atomic E-state index is 14.0. The normalized spacial score (nSPS) is 21.3. The van der Waals surface area contributed by atoms with Gasteiger partial charge in [0, 0.05) is 19.1 Å². The van der Waals surface area contributed by atoms with Crippen LogP contribution < -0.4 is 15.0 Å². The molecule has 2 heterocycles. The van der Waals surface area contributed by atoms with Gasteiger partial charge in [0.2, 0.25) is 5.91 Å². The molecule has 1 aromatic carbocycles. The summed E-state index contributed by atoms with van der Waals surface area (Å²) >= 11 is 0. The molecule has 0 spiro atoms. The fraction of sp³-hybridized carbons (Fsp3) is 0.429. The fourth-order valence-corrected chi connectivity index (χ4v) is 3.91. The Labute approximate surface area is 178 Å². The minimum atomic E-state index is -0.521. The van der Waals surface area contributed by atoms with Crippen LogP contribution in [0.4, 0.5) is 19.3 Å². The van der Waals surface area contributed by atoms with Gasteiger partial charge in [0.15, 0.2) is 5.82 Å². The minimum absolute atomic E-state index is 0.0122. The van der Waals surface area contributed by atoms with Crippen LogP contribution in [0.15, 0.2) is 36.7 Å². The molecule has 2 fully saturated rings. The van der Waals surface area contributed by atoms with E-state index in [1.54, 1.807) is 18.2 Å². The molecular weight excluding hydrogens is 408 g/mol. The number of benzene rings is 1. The van der Waals surface area contributed by atoms with Crippen molar-refractivity contribution >= 4 is 17.6 Å².